The maximum atomic E-state index is 12.2. The number of benzene rings is 2. The van der Waals surface area contributed by atoms with Crippen molar-refractivity contribution >= 4 is 6.09 Å². The van der Waals surface area contributed by atoms with Crippen LogP contribution < -0.4 is 4.74 Å². The summed E-state index contributed by atoms with van der Waals surface area (Å²) in [6.45, 7) is 1.58. The molecule has 2 heterocycles. The van der Waals surface area contributed by atoms with Crippen LogP contribution in [0.25, 0.3) is 0 Å². The fourth-order valence-electron chi connectivity index (χ4n) is 3.04. The summed E-state index contributed by atoms with van der Waals surface area (Å²) >= 11 is 0. The summed E-state index contributed by atoms with van der Waals surface area (Å²) in [5.41, 5.74) is 3.15. The first-order chi connectivity index (χ1) is 13.3. The predicted octanol–water partition coefficient (Wildman–Crippen LogP) is 4.35. The Morgan fingerprint density at radius 2 is 1.78 bits per heavy atom. The van der Waals surface area contributed by atoms with E-state index in [1.165, 1.54) is 0 Å². The molecule has 0 saturated carbocycles. The zero-order valence-electron chi connectivity index (χ0n) is 14.8. The van der Waals surface area contributed by atoms with Crippen LogP contribution in [0.4, 0.5) is 4.79 Å². The fraction of sp³-hybridized carbons (Fsp3) is 0.182. The molecule has 0 radical (unpaired) electrons. The normalized spacial score (nSPS) is 16.2. The third-order valence-corrected chi connectivity index (χ3v) is 4.50. The highest BCUT2D eigenvalue weighted by atomic mass is 16.6. The average molecular weight is 360 g/mol. The van der Waals surface area contributed by atoms with E-state index in [-0.39, 0.29) is 12.2 Å². The highest BCUT2D eigenvalue weighted by molar-refractivity contribution is 5.70. The standard InChI is InChI=1S/C22H20N2O3/c25-22-24(15-21(27-22)19-5-2-1-3-6-19)14-17-8-10-18(11-9-17)16-26-20-7-4-12-23-13-20/h1-13,21H,14-16H2. The second kappa shape index (κ2) is 7.91. The van der Waals surface area contributed by atoms with E-state index in [2.05, 4.69) is 4.98 Å². The summed E-state index contributed by atoms with van der Waals surface area (Å²) in [5, 5.41) is 0. The van der Waals surface area contributed by atoms with Crippen LogP contribution in [0, 0.1) is 0 Å². The molecule has 0 spiro atoms. The van der Waals surface area contributed by atoms with E-state index in [0.717, 1.165) is 22.4 Å². The summed E-state index contributed by atoms with van der Waals surface area (Å²) in [6, 6.07) is 21.6. The number of rotatable bonds is 6. The lowest BCUT2D eigenvalue weighted by Crippen LogP contribution is -2.23. The van der Waals surface area contributed by atoms with Crippen molar-refractivity contribution in [2.45, 2.75) is 19.3 Å². The number of pyridine rings is 1. The maximum Gasteiger partial charge on any atom is 0.410 e. The van der Waals surface area contributed by atoms with Gasteiger partial charge in [0.25, 0.3) is 0 Å². The number of ether oxygens (including phenoxy) is 2. The first-order valence-electron chi connectivity index (χ1n) is 8.89. The molecule has 0 N–H and O–H groups in total. The van der Waals surface area contributed by atoms with Crippen LogP contribution >= 0.6 is 0 Å². The molecule has 27 heavy (non-hydrogen) atoms. The predicted molar refractivity (Wildman–Crippen MR) is 101 cm³/mol. The second-order valence-electron chi connectivity index (χ2n) is 6.46. The van der Waals surface area contributed by atoms with Gasteiger partial charge in [-0.25, -0.2) is 4.79 Å². The van der Waals surface area contributed by atoms with Crippen molar-refractivity contribution in [2.75, 3.05) is 6.54 Å². The van der Waals surface area contributed by atoms with Crippen LogP contribution in [-0.4, -0.2) is 22.5 Å². The molecule has 1 aliphatic heterocycles. The molecule has 4 rings (SSSR count). The Hall–Kier alpha value is -3.34. The van der Waals surface area contributed by atoms with Crippen LogP contribution in [0.2, 0.25) is 0 Å². The third kappa shape index (κ3) is 4.26. The zero-order chi connectivity index (χ0) is 18.5. The monoisotopic (exact) mass is 360 g/mol. The van der Waals surface area contributed by atoms with Gasteiger partial charge in [0.15, 0.2) is 0 Å². The Bertz CT molecular complexity index is 882. The summed E-state index contributed by atoms with van der Waals surface area (Å²) < 4.78 is 11.2. The Kier molecular flexibility index (Phi) is 5.01. The van der Waals surface area contributed by atoms with Crippen LogP contribution in [0.15, 0.2) is 79.1 Å². The molecule has 1 atom stereocenters. The van der Waals surface area contributed by atoms with Crippen molar-refractivity contribution in [1.82, 2.24) is 9.88 Å². The molecule has 5 heteroatoms. The van der Waals surface area contributed by atoms with Gasteiger partial charge in [0.1, 0.15) is 18.5 Å². The number of hydrogen-bond acceptors (Lipinski definition) is 4. The van der Waals surface area contributed by atoms with Crippen molar-refractivity contribution in [3.8, 4) is 5.75 Å². The van der Waals surface area contributed by atoms with E-state index < -0.39 is 0 Å². The van der Waals surface area contributed by atoms with E-state index in [0.29, 0.717) is 19.7 Å². The van der Waals surface area contributed by atoms with Gasteiger partial charge in [-0.3, -0.25) is 9.88 Å². The second-order valence-corrected chi connectivity index (χ2v) is 6.46. The molecule has 0 aliphatic carbocycles. The molecule has 1 fully saturated rings. The minimum atomic E-state index is -0.271. The minimum absolute atomic E-state index is 0.203. The van der Waals surface area contributed by atoms with Gasteiger partial charge in [-0.1, -0.05) is 54.6 Å². The van der Waals surface area contributed by atoms with Gasteiger partial charge in [0, 0.05) is 12.7 Å². The third-order valence-electron chi connectivity index (χ3n) is 4.50. The van der Waals surface area contributed by atoms with Gasteiger partial charge in [-0.05, 0) is 28.8 Å². The van der Waals surface area contributed by atoms with E-state index in [1.807, 2.05) is 66.7 Å². The first kappa shape index (κ1) is 17.1. The first-order valence-corrected chi connectivity index (χ1v) is 8.89. The molecule has 2 aromatic carbocycles. The maximum absolute atomic E-state index is 12.2. The lowest BCUT2D eigenvalue weighted by atomic mass is 10.1. The number of carbonyl (C=O) groups is 1. The number of nitrogens with zero attached hydrogens (tertiary/aromatic N) is 2. The Balaban J connectivity index is 1.34. The van der Waals surface area contributed by atoms with Gasteiger partial charge >= 0.3 is 6.09 Å². The van der Waals surface area contributed by atoms with E-state index >= 15 is 0 Å². The summed E-state index contributed by atoms with van der Waals surface area (Å²) in [6.07, 6.45) is 2.93. The van der Waals surface area contributed by atoms with Gasteiger partial charge in [0.2, 0.25) is 0 Å². The molecular weight excluding hydrogens is 340 g/mol. The van der Waals surface area contributed by atoms with Crippen molar-refractivity contribution in [2.24, 2.45) is 0 Å². The van der Waals surface area contributed by atoms with Crippen molar-refractivity contribution < 1.29 is 14.3 Å². The lowest BCUT2D eigenvalue weighted by molar-refractivity contribution is 0.132. The Labute approximate surface area is 158 Å². The van der Waals surface area contributed by atoms with E-state index in [4.69, 9.17) is 9.47 Å². The minimum Gasteiger partial charge on any atom is -0.487 e. The van der Waals surface area contributed by atoms with Crippen LogP contribution in [-0.2, 0) is 17.9 Å². The van der Waals surface area contributed by atoms with Crippen molar-refractivity contribution in [1.29, 1.82) is 0 Å². The summed E-state index contributed by atoms with van der Waals surface area (Å²) in [7, 11) is 0. The SMILES string of the molecule is O=C1OC(c2ccccc2)CN1Cc1ccc(COc2cccnc2)cc1. The topological polar surface area (TPSA) is 51.7 Å². The largest absolute Gasteiger partial charge is 0.487 e. The number of amides is 1. The highest BCUT2D eigenvalue weighted by Gasteiger charge is 2.32. The lowest BCUT2D eigenvalue weighted by Gasteiger charge is -2.13. The number of hydrogen-bond donors (Lipinski definition) is 0. The molecule has 1 aromatic heterocycles. The number of carbonyl (C=O) groups excluding carboxylic acids is 1. The molecule has 3 aromatic rings. The Morgan fingerprint density at radius 1 is 1.00 bits per heavy atom. The van der Waals surface area contributed by atoms with Crippen LogP contribution in [0.1, 0.15) is 22.8 Å². The molecule has 1 amide bonds. The van der Waals surface area contributed by atoms with Gasteiger partial charge in [0.05, 0.1) is 12.7 Å². The molecular formula is C22H20N2O3. The van der Waals surface area contributed by atoms with Crippen LogP contribution in [0.5, 0.6) is 5.75 Å². The molecule has 1 aliphatic rings. The molecule has 136 valence electrons. The van der Waals surface area contributed by atoms with Crippen molar-refractivity contribution in [3.05, 3.63) is 95.8 Å². The van der Waals surface area contributed by atoms with Crippen LogP contribution in [0.3, 0.4) is 0 Å². The number of aromatic nitrogens is 1. The number of cyclic esters (lactones) is 1. The molecule has 1 saturated heterocycles. The van der Waals surface area contributed by atoms with E-state index in [1.54, 1.807) is 17.3 Å². The molecule has 5 nitrogen and oxygen atoms in total. The highest BCUT2D eigenvalue weighted by Crippen LogP contribution is 2.27. The average Bonchev–Trinajstić information content (AvgIpc) is 3.09. The Morgan fingerprint density at radius 3 is 2.52 bits per heavy atom. The smallest absolute Gasteiger partial charge is 0.410 e. The summed E-state index contributed by atoms with van der Waals surface area (Å²) in [5.74, 6) is 0.744. The fourth-order valence-corrected chi connectivity index (χ4v) is 3.04. The van der Waals surface area contributed by atoms with Gasteiger partial charge < -0.3 is 9.47 Å². The summed E-state index contributed by atoms with van der Waals surface area (Å²) in [4.78, 5) is 17.9. The van der Waals surface area contributed by atoms with E-state index in [9.17, 15) is 4.79 Å². The molecule has 1 unspecified atom stereocenters. The zero-order valence-corrected chi connectivity index (χ0v) is 14.8. The van der Waals surface area contributed by atoms with Gasteiger partial charge in [-0.15, -0.1) is 0 Å². The van der Waals surface area contributed by atoms with Gasteiger partial charge in [-0.2, -0.15) is 0 Å². The molecule has 0 bridgehead atoms. The van der Waals surface area contributed by atoms with Crippen molar-refractivity contribution in [3.63, 3.8) is 0 Å². The quantitative estimate of drug-likeness (QED) is 0.656.